The number of rotatable bonds is 13. The standard InChI is InChI=1S/C19H31NO7Si/c1-5-23-18(21)16-10-12-17(13-11-16)27-19(22)20-14-9-15-28(24-6-2,25-7-3)26-8-4/h10-13H,5-9,14-15H2,1-4H3,(H,20,22). The van der Waals surface area contributed by atoms with E-state index in [0.717, 1.165) is 0 Å². The molecule has 0 aliphatic rings. The van der Waals surface area contributed by atoms with Crippen LogP contribution in [0.1, 0.15) is 44.5 Å². The summed E-state index contributed by atoms with van der Waals surface area (Å²) in [5.41, 5.74) is 0.402. The second kappa shape index (κ2) is 13.3. The third-order valence-corrected chi connectivity index (χ3v) is 6.75. The molecule has 1 N–H and O–H groups in total. The van der Waals surface area contributed by atoms with E-state index < -0.39 is 20.9 Å². The summed E-state index contributed by atoms with van der Waals surface area (Å²) in [6.07, 6.45) is 0.0729. The van der Waals surface area contributed by atoms with Gasteiger partial charge in [0.05, 0.1) is 12.2 Å². The summed E-state index contributed by atoms with van der Waals surface area (Å²) >= 11 is 0. The number of benzene rings is 1. The number of esters is 1. The summed E-state index contributed by atoms with van der Waals surface area (Å²) in [6, 6.07) is 6.79. The molecule has 1 aromatic rings. The van der Waals surface area contributed by atoms with Crippen LogP contribution < -0.4 is 10.1 Å². The number of nitrogens with one attached hydrogen (secondary N) is 1. The fourth-order valence-corrected chi connectivity index (χ4v) is 5.13. The normalized spacial score (nSPS) is 11.1. The van der Waals surface area contributed by atoms with Crippen LogP contribution in [0.25, 0.3) is 0 Å². The average molecular weight is 414 g/mol. The van der Waals surface area contributed by atoms with Crippen molar-refractivity contribution in [2.75, 3.05) is 33.0 Å². The fourth-order valence-electron chi connectivity index (χ4n) is 2.51. The largest absolute Gasteiger partial charge is 0.500 e. The minimum Gasteiger partial charge on any atom is -0.462 e. The van der Waals surface area contributed by atoms with Crippen LogP contribution >= 0.6 is 0 Å². The molecule has 0 heterocycles. The van der Waals surface area contributed by atoms with Gasteiger partial charge in [0.15, 0.2) is 0 Å². The Morgan fingerprint density at radius 1 is 0.893 bits per heavy atom. The highest BCUT2D eigenvalue weighted by atomic mass is 28.4. The Hall–Kier alpha value is -1.94. The van der Waals surface area contributed by atoms with Crippen molar-refractivity contribution in [1.82, 2.24) is 5.32 Å². The zero-order valence-corrected chi connectivity index (χ0v) is 18.1. The molecule has 8 nitrogen and oxygen atoms in total. The highest BCUT2D eigenvalue weighted by molar-refractivity contribution is 6.60. The lowest BCUT2D eigenvalue weighted by Crippen LogP contribution is -2.46. The molecular weight excluding hydrogens is 382 g/mol. The van der Waals surface area contributed by atoms with E-state index in [0.29, 0.717) is 56.8 Å². The molecule has 0 atom stereocenters. The van der Waals surface area contributed by atoms with Gasteiger partial charge in [-0.15, -0.1) is 0 Å². The number of ether oxygens (including phenoxy) is 2. The van der Waals surface area contributed by atoms with Crippen molar-refractivity contribution in [3.05, 3.63) is 29.8 Å². The summed E-state index contributed by atoms with van der Waals surface area (Å²) in [5.74, 6) is -0.0729. The number of hydrogen-bond donors (Lipinski definition) is 1. The first kappa shape index (κ1) is 24.1. The number of amides is 1. The van der Waals surface area contributed by atoms with E-state index in [2.05, 4.69) is 5.32 Å². The van der Waals surface area contributed by atoms with E-state index in [1.54, 1.807) is 31.2 Å². The van der Waals surface area contributed by atoms with Crippen molar-refractivity contribution in [1.29, 1.82) is 0 Å². The molecule has 1 amide bonds. The predicted molar refractivity (Wildman–Crippen MR) is 106 cm³/mol. The van der Waals surface area contributed by atoms with Gasteiger partial charge in [0, 0.05) is 32.4 Å². The van der Waals surface area contributed by atoms with Crippen LogP contribution in [0.4, 0.5) is 4.79 Å². The summed E-state index contributed by atoms with van der Waals surface area (Å²) in [4.78, 5) is 23.5. The lowest BCUT2D eigenvalue weighted by Gasteiger charge is -2.28. The smallest absolute Gasteiger partial charge is 0.462 e. The van der Waals surface area contributed by atoms with E-state index in [4.69, 9.17) is 22.8 Å². The van der Waals surface area contributed by atoms with E-state index >= 15 is 0 Å². The van der Waals surface area contributed by atoms with Crippen molar-refractivity contribution in [2.24, 2.45) is 0 Å². The van der Waals surface area contributed by atoms with Crippen LogP contribution in [-0.2, 0) is 18.0 Å². The Kier molecular flexibility index (Phi) is 11.4. The maximum absolute atomic E-state index is 11.9. The molecule has 158 valence electrons. The molecule has 1 aromatic carbocycles. The van der Waals surface area contributed by atoms with Gasteiger partial charge in [-0.2, -0.15) is 0 Å². The lowest BCUT2D eigenvalue weighted by molar-refractivity contribution is 0.0526. The number of carbonyl (C=O) groups is 2. The Labute approximate surface area is 167 Å². The summed E-state index contributed by atoms with van der Waals surface area (Å²) in [6.45, 7) is 9.72. The maximum Gasteiger partial charge on any atom is 0.500 e. The molecule has 28 heavy (non-hydrogen) atoms. The molecule has 1 rings (SSSR count). The summed E-state index contributed by atoms with van der Waals surface area (Å²) in [7, 11) is -2.70. The van der Waals surface area contributed by atoms with Crippen molar-refractivity contribution in [3.8, 4) is 5.75 Å². The van der Waals surface area contributed by atoms with Gasteiger partial charge in [0.2, 0.25) is 0 Å². The average Bonchev–Trinajstić information content (AvgIpc) is 2.67. The van der Waals surface area contributed by atoms with Crippen molar-refractivity contribution < 1.29 is 32.3 Å². The Morgan fingerprint density at radius 3 is 1.96 bits per heavy atom. The van der Waals surface area contributed by atoms with Crippen molar-refractivity contribution >= 4 is 20.9 Å². The van der Waals surface area contributed by atoms with Gasteiger partial charge in [-0.1, -0.05) is 0 Å². The third-order valence-electron chi connectivity index (χ3n) is 3.60. The molecule has 0 saturated heterocycles. The molecule has 0 bridgehead atoms. The van der Waals surface area contributed by atoms with Crippen LogP contribution in [0.15, 0.2) is 24.3 Å². The van der Waals surface area contributed by atoms with E-state index in [-0.39, 0.29) is 0 Å². The first-order valence-electron chi connectivity index (χ1n) is 9.64. The monoisotopic (exact) mass is 413 g/mol. The lowest BCUT2D eigenvalue weighted by atomic mass is 10.2. The van der Waals surface area contributed by atoms with Gasteiger partial charge in [-0.05, 0) is 58.4 Å². The van der Waals surface area contributed by atoms with Crippen LogP contribution in [0.3, 0.4) is 0 Å². The Bertz CT molecular complexity index is 577. The van der Waals surface area contributed by atoms with Gasteiger partial charge < -0.3 is 28.1 Å². The topological polar surface area (TPSA) is 92.3 Å². The van der Waals surface area contributed by atoms with Crippen LogP contribution in [-0.4, -0.2) is 53.8 Å². The fraction of sp³-hybridized carbons (Fsp3) is 0.579. The molecule has 0 aromatic heterocycles. The van der Waals surface area contributed by atoms with E-state index in [1.165, 1.54) is 0 Å². The van der Waals surface area contributed by atoms with Crippen LogP contribution in [0.5, 0.6) is 5.75 Å². The first-order chi connectivity index (χ1) is 13.5. The highest BCUT2D eigenvalue weighted by Gasteiger charge is 2.39. The molecule has 0 spiro atoms. The Morgan fingerprint density at radius 2 is 1.46 bits per heavy atom. The van der Waals surface area contributed by atoms with Gasteiger partial charge >= 0.3 is 20.9 Å². The maximum atomic E-state index is 11.9. The minimum absolute atomic E-state index is 0.305. The first-order valence-corrected chi connectivity index (χ1v) is 11.6. The zero-order chi connectivity index (χ0) is 20.8. The Balaban J connectivity index is 2.44. The second-order valence-corrected chi connectivity index (χ2v) is 8.38. The predicted octanol–water partition coefficient (Wildman–Crippen LogP) is 3.39. The SMILES string of the molecule is CCOC(=O)c1ccc(OC(=O)NCCC[Si](OCC)(OCC)OCC)cc1. The van der Waals surface area contributed by atoms with Crippen molar-refractivity contribution in [2.45, 2.75) is 40.2 Å². The van der Waals surface area contributed by atoms with Crippen LogP contribution in [0, 0.1) is 0 Å². The molecule has 0 unspecified atom stereocenters. The molecule has 0 aliphatic heterocycles. The van der Waals surface area contributed by atoms with Gasteiger partial charge in [0.1, 0.15) is 5.75 Å². The van der Waals surface area contributed by atoms with Crippen molar-refractivity contribution in [3.63, 3.8) is 0 Å². The minimum atomic E-state index is -2.70. The third kappa shape index (κ3) is 8.38. The zero-order valence-electron chi connectivity index (χ0n) is 17.1. The quantitative estimate of drug-likeness (QED) is 0.301. The molecule has 0 radical (unpaired) electrons. The highest BCUT2D eigenvalue weighted by Crippen LogP contribution is 2.18. The van der Waals surface area contributed by atoms with E-state index in [1.807, 2.05) is 20.8 Å². The van der Waals surface area contributed by atoms with Gasteiger partial charge in [-0.3, -0.25) is 0 Å². The molecule has 0 fully saturated rings. The summed E-state index contributed by atoms with van der Waals surface area (Å²) < 4.78 is 27.4. The van der Waals surface area contributed by atoms with Crippen LogP contribution in [0.2, 0.25) is 6.04 Å². The number of hydrogen-bond acceptors (Lipinski definition) is 7. The second-order valence-electron chi connectivity index (χ2n) is 5.65. The summed E-state index contributed by atoms with van der Waals surface area (Å²) in [5, 5.41) is 2.69. The van der Waals surface area contributed by atoms with Gasteiger partial charge in [-0.25, -0.2) is 9.59 Å². The number of carbonyl (C=O) groups excluding carboxylic acids is 2. The van der Waals surface area contributed by atoms with E-state index in [9.17, 15) is 9.59 Å². The molecule has 0 aliphatic carbocycles. The molecule has 9 heteroatoms. The molecule has 0 saturated carbocycles. The van der Waals surface area contributed by atoms with Gasteiger partial charge in [0.25, 0.3) is 0 Å². The molecular formula is C19H31NO7Si.